The molecular weight excluding hydrogens is 286 g/mol. The molecule has 0 amide bonds. The first-order valence-electron chi connectivity index (χ1n) is 7.91. The fourth-order valence-corrected chi connectivity index (χ4v) is 3.77. The highest BCUT2D eigenvalue weighted by molar-refractivity contribution is 8.03. The molecule has 1 nitrogen and oxygen atoms in total. The number of hydrogen-bond acceptors (Lipinski definition) is 2. The molecule has 116 valence electrons. The summed E-state index contributed by atoms with van der Waals surface area (Å²) in [6, 6.07) is 5.95. The molecule has 0 fully saturated rings. The average molecular weight is 311 g/mol. The van der Waals surface area contributed by atoms with Crippen LogP contribution in [0.1, 0.15) is 32.9 Å². The van der Waals surface area contributed by atoms with E-state index in [1.54, 1.807) is 0 Å². The minimum absolute atomic E-state index is 0.389. The minimum atomic E-state index is 0.389. The Balaban J connectivity index is 2.35. The molecule has 1 aromatic rings. The monoisotopic (exact) mass is 311 g/mol. The van der Waals surface area contributed by atoms with Gasteiger partial charge in [0.15, 0.2) is 0 Å². The molecule has 1 aliphatic heterocycles. The number of aromatic nitrogens is 1. The van der Waals surface area contributed by atoms with E-state index in [0.717, 1.165) is 17.0 Å². The van der Waals surface area contributed by atoms with Crippen molar-refractivity contribution in [3.63, 3.8) is 0 Å². The first-order chi connectivity index (χ1) is 10.6. The van der Waals surface area contributed by atoms with Crippen molar-refractivity contribution < 1.29 is 0 Å². The highest BCUT2D eigenvalue weighted by Gasteiger charge is 2.15. The number of hydrogen-bond donors (Lipinski definition) is 0. The molecule has 2 atom stereocenters. The normalized spacial score (nSPS) is 28.0. The van der Waals surface area contributed by atoms with Crippen molar-refractivity contribution in [3.8, 4) is 0 Å². The molecule has 0 saturated heterocycles. The Bertz CT molecular complexity index is 595. The smallest absolute Gasteiger partial charge is 0.0696 e. The van der Waals surface area contributed by atoms with Crippen LogP contribution in [-0.4, -0.2) is 10.7 Å². The fourth-order valence-electron chi connectivity index (χ4n) is 2.49. The fraction of sp³-hybridized carbons (Fsp3) is 0.350. The summed E-state index contributed by atoms with van der Waals surface area (Å²) in [4.78, 5) is 5.77. The van der Waals surface area contributed by atoms with Crippen LogP contribution in [-0.2, 0) is 0 Å². The first-order valence-corrected chi connectivity index (χ1v) is 8.90. The summed E-state index contributed by atoms with van der Waals surface area (Å²) in [5.41, 5.74) is 3.26. The van der Waals surface area contributed by atoms with E-state index in [1.165, 1.54) is 16.9 Å². The van der Waals surface area contributed by atoms with Crippen LogP contribution in [0.2, 0.25) is 0 Å². The molecule has 22 heavy (non-hydrogen) atoms. The van der Waals surface area contributed by atoms with Crippen LogP contribution in [0.15, 0.2) is 65.8 Å². The quantitative estimate of drug-likeness (QED) is 0.632. The predicted molar refractivity (Wildman–Crippen MR) is 99.7 cm³/mol. The van der Waals surface area contributed by atoms with Crippen LogP contribution in [0.4, 0.5) is 0 Å². The summed E-state index contributed by atoms with van der Waals surface area (Å²) in [7, 11) is 0. The van der Waals surface area contributed by atoms with Crippen LogP contribution >= 0.6 is 11.8 Å². The zero-order valence-electron chi connectivity index (χ0n) is 13.8. The Morgan fingerprint density at radius 2 is 2.14 bits per heavy atom. The Hall–Kier alpha value is -1.54. The lowest BCUT2D eigenvalue weighted by molar-refractivity contribution is 0.699. The molecule has 0 radical (unpaired) electrons. The lowest BCUT2D eigenvalue weighted by Crippen LogP contribution is -1.99. The summed E-state index contributed by atoms with van der Waals surface area (Å²) < 4.78 is 0. The molecule has 0 aromatic carbocycles. The average Bonchev–Trinajstić information content (AvgIpc) is 2.60. The molecule has 1 unspecified atom stereocenters. The van der Waals surface area contributed by atoms with Gasteiger partial charge < -0.3 is 0 Å². The highest BCUT2D eigenvalue weighted by atomic mass is 32.2. The molecule has 2 rings (SSSR count). The molecule has 0 bridgehead atoms. The van der Waals surface area contributed by atoms with Gasteiger partial charge in [-0.05, 0) is 54.4 Å². The third-order valence-corrected chi connectivity index (χ3v) is 5.14. The largest absolute Gasteiger partial charge is 0.256 e. The molecule has 0 spiro atoms. The van der Waals surface area contributed by atoms with E-state index in [9.17, 15) is 0 Å². The van der Waals surface area contributed by atoms with Gasteiger partial charge in [0.25, 0.3) is 0 Å². The zero-order valence-corrected chi connectivity index (χ0v) is 14.6. The summed E-state index contributed by atoms with van der Waals surface area (Å²) in [5.74, 6) is 2.19. The van der Waals surface area contributed by atoms with Gasteiger partial charge in [-0.3, -0.25) is 4.98 Å². The molecule has 2 heteroatoms. The second-order valence-electron chi connectivity index (χ2n) is 5.78. The van der Waals surface area contributed by atoms with Gasteiger partial charge in [-0.25, -0.2) is 0 Å². The molecule has 0 aliphatic carbocycles. The van der Waals surface area contributed by atoms with Crippen molar-refractivity contribution in [1.82, 2.24) is 4.98 Å². The maximum atomic E-state index is 4.40. The topological polar surface area (TPSA) is 12.9 Å². The molecule has 0 saturated carbocycles. The van der Waals surface area contributed by atoms with Crippen molar-refractivity contribution in [1.29, 1.82) is 0 Å². The Labute approximate surface area is 138 Å². The Morgan fingerprint density at radius 1 is 1.32 bits per heavy atom. The van der Waals surface area contributed by atoms with Crippen molar-refractivity contribution in [2.45, 2.75) is 27.2 Å². The van der Waals surface area contributed by atoms with E-state index in [4.69, 9.17) is 0 Å². The predicted octanol–water partition coefficient (Wildman–Crippen LogP) is 5.89. The number of rotatable bonds is 2. The van der Waals surface area contributed by atoms with Crippen LogP contribution in [0.5, 0.6) is 0 Å². The maximum absolute atomic E-state index is 4.40. The van der Waals surface area contributed by atoms with E-state index in [1.807, 2.05) is 36.2 Å². The summed E-state index contributed by atoms with van der Waals surface area (Å²) in [5, 5.41) is 0. The summed E-state index contributed by atoms with van der Waals surface area (Å²) in [6.07, 6.45) is 12.1. The highest BCUT2D eigenvalue weighted by Crippen LogP contribution is 2.34. The zero-order chi connectivity index (χ0) is 15.9. The number of thioether (sulfide) groups is 1. The van der Waals surface area contributed by atoms with E-state index in [-0.39, 0.29) is 0 Å². The van der Waals surface area contributed by atoms with Crippen LogP contribution in [0.25, 0.3) is 5.57 Å². The molecule has 1 aliphatic rings. The van der Waals surface area contributed by atoms with Gasteiger partial charge in [0.05, 0.1) is 5.69 Å². The van der Waals surface area contributed by atoms with Gasteiger partial charge in [0.2, 0.25) is 0 Å². The summed E-state index contributed by atoms with van der Waals surface area (Å²) in [6.45, 7) is 10.9. The van der Waals surface area contributed by atoms with Crippen LogP contribution < -0.4 is 0 Å². The van der Waals surface area contributed by atoms with Gasteiger partial charge in [0, 0.05) is 17.0 Å². The van der Waals surface area contributed by atoms with E-state index >= 15 is 0 Å². The van der Waals surface area contributed by atoms with Gasteiger partial charge in [0.1, 0.15) is 0 Å². The van der Waals surface area contributed by atoms with Crippen LogP contribution in [0.3, 0.4) is 0 Å². The maximum Gasteiger partial charge on any atom is 0.0696 e. The standard InChI is InChI=1S/C20H25NS/c1-5-20-18(14-17(4)19-8-6-7-12-21-19)16(3)10-9-15(2)11-13-22-20/h5-10,12,14-16H,4,11,13H2,1-3H3/b10-9-,18-14?,20-5+/t15?,16-/m1/s1. The molecule has 2 heterocycles. The Kier molecular flexibility index (Phi) is 6.26. The van der Waals surface area contributed by atoms with Crippen LogP contribution in [0, 0.1) is 11.8 Å². The van der Waals surface area contributed by atoms with Crippen molar-refractivity contribution in [2.75, 3.05) is 5.75 Å². The first kappa shape index (κ1) is 16.8. The lowest BCUT2D eigenvalue weighted by Gasteiger charge is -2.16. The van der Waals surface area contributed by atoms with Gasteiger partial charge in [-0.2, -0.15) is 0 Å². The third kappa shape index (κ3) is 4.48. The van der Waals surface area contributed by atoms with Gasteiger partial charge >= 0.3 is 0 Å². The van der Waals surface area contributed by atoms with E-state index < -0.39 is 0 Å². The van der Waals surface area contributed by atoms with E-state index in [2.05, 4.69) is 56.6 Å². The van der Waals surface area contributed by atoms with E-state index in [0.29, 0.717) is 11.8 Å². The van der Waals surface area contributed by atoms with Gasteiger partial charge in [-0.15, -0.1) is 11.8 Å². The molecule has 1 aromatic heterocycles. The summed E-state index contributed by atoms with van der Waals surface area (Å²) >= 11 is 1.95. The molecular formula is C20H25NS. The third-order valence-electron chi connectivity index (χ3n) is 3.92. The van der Waals surface area contributed by atoms with Crippen molar-refractivity contribution in [2.24, 2.45) is 11.8 Å². The lowest BCUT2D eigenvalue weighted by atomic mass is 9.95. The minimum Gasteiger partial charge on any atom is -0.256 e. The second-order valence-corrected chi connectivity index (χ2v) is 6.92. The number of pyridine rings is 1. The van der Waals surface area contributed by atoms with Gasteiger partial charge in [-0.1, -0.05) is 44.7 Å². The Morgan fingerprint density at radius 3 is 2.82 bits per heavy atom. The second kappa shape index (κ2) is 8.19. The number of allylic oxidation sites excluding steroid dienone is 6. The van der Waals surface area contributed by atoms with Crippen molar-refractivity contribution in [3.05, 3.63) is 71.5 Å². The van der Waals surface area contributed by atoms with Crippen molar-refractivity contribution >= 4 is 17.3 Å². The SMILES string of the molecule is C=C(C=C1/C(=C\C)SCCC(C)/C=C\[C@H]1C)c1ccccn1. The number of nitrogens with zero attached hydrogens (tertiary/aromatic N) is 1. The molecule has 0 N–H and O–H groups in total.